The summed E-state index contributed by atoms with van der Waals surface area (Å²) in [6, 6.07) is 7.65. The monoisotopic (exact) mass is 252 g/mol. The number of hydrogen-bond donors (Lipinski definition) is 1. The third-order valence-corrected chi connectivity index (χ3v) is 2.98. The van der Waals surface area contributed by atoms with Crippen molar-refractivity contribution in [2.24, 2.45) is 0 Å². The Morgan fingerprint density at radius 1 is 1.16 bits per heavy atom. The van der Waals surface area contributed by atoms with Crippen molar-refractivity contribution < 1.29 is 4.74 Å². The molecule has 0 spiro atoms. The summed E-state index contributed by atoms with van der Waals surface area (Å²) in [6.07, 6.45) is 4.92. The Morgan fingerprint density at radius 2 is 2.05 bits per heavy atom. The maximum Gasteiger partial charge on any atom is 0.134 e. The molecule has 0 unspecified atom stereocenters. The number of aromatic nitrogens is 3. The molecule has 0 fully saturated rings. The Bertz CT molecular complexity index is 742. The van der Waals surface area contributed by atoms with Crippen molar-refractivity contribution >= 4 is 16.7 Å². The lowest BCUT2D eigenvalue weighted by atomic mass is 10.0. The SMILES string of the molecule is COc1ccncc1-c1ccc2ncnc(N)c2c1. The third kappa shape index (κ3) is 1.95. The normalized spacial score (nSPS) is 10.6. The van der Waals surface area contributed by atoms with Crippen molar-refractivity contribution in [2.45, 2.75) is 0 Å². The van der Waals surface area contributed by atoms with Gasteiger partial charge in [-0.05, 0) is 23.8 Å². The summed E-state index contributed by atoms with van der Waals surface area (Å²) in [4.78, 5) is 12.3. The van der Waals surface area contributed by atoms with Crippen LogP contribution in [0.5, 0.6) is 5.75 Å². The molecule has 2 N–H and O–H groups in total. The molecule has 0 aliphatic rings. The quantitative estimate of drug-likeness (QED) is 0.757. The van der Waals surface area contributed by atoms with E-state index in [0.29, 0.717) is 5.82 Å². The third-order valence-electron chi connectivity index (χ3n) is 2.98. The molecule has 3 aromatic rings. The molecule has 0 aliphatic heterocycles. The molecule has 0 amide bonds. The van der Waals surface area contributed by atoms with E-state index >= 15 is 0 Å². The van der Waals surface area contributed by atoms with E-state index < -0.39 is 0 Å². The molecule has 19 heavy (non-hydrogen) atoms. The molecule has 0 aliphatic carbocycles. The highest BCUT2D eigenvalue weighted by Gasteiger charge is 2.08. The summed E-state index contributed by atoms with van der Waals surface area (Å²) in [7, 11) is 1.64. The molecule has 5 nitrogen and oxygen atoms in total. The average Bonchev–Trinajstić information content (AvgIpc) is 2.47. The Labute approximate surface area is 110 Å². The van der Waals surface area contributed by atoms with Crippen LogP contribution in [0.15, 0.2) is 43.0 Å². The second-order valence-electron chi connectivity index (χ2n) is 4.07. The van der Waals surface area contributed by atoms with Crippen LogP contribution in [0.1, 0.15) is 0 Å². The van der Waals surface area contributed by atoms with Gasteiger partial charge in [-0.3, -0.25) is 4.98 Å². The van der Waals surface area contributed by atoms with Crippen molar-refractivity contribution in [1.29, 1.82) is 0 Å². The fourth-order valence-electron chi connectivity index (χ4n) is 2.02. The van der Waals surface area contributed by atoms with Crippen molar-refractivity contribution in [3.63, 3.8) is 0 Å². The van der Waals surface area contributed by atoms with Gasteiger partial charge in [-0.25, -0.2) is 9.97 Å². The highest BCUT2D eigenvalue weighted by molar-refractivity contribution is 5.92. The van der Waals surface area contributed by atoms with Gasteiger partial charge in [0.25, 0.3) is 0 Å². The van der Waals surface area contributed by atoms with Crippen LogP contribution in [-0.4, -0.2) is 22.1 Å². The number of rotatable bonds is 2. The first-order chi connectivity index (χ1) is 9.29. The van der Waals surface area contributed by atoms with Crippen LogP contribution in [0, 0.1) is 0 Å². The van der Waals surface area contributed by atoms with E-state index in [1.807, 2.05) is 24.3 Å². The van der Waals surface area contributed by atoms with E-state index in [0.717, 1.165) is 27.8 Å². The summed E-state index contributed by atoms with van der Waals surface area (Å²) in [5.41, 5.74) is 8.58. The predicted molar refractivity (Wildman–Crippen MR) is 73.7 cm³/mol. The van der Waals surface area contributed by atoms with Gasteiger partial charge in [0.05, 0.1) is 12.6 Å². The van der Waals surface area contributed by atoms with Crippen LogP contribution >= 0.6 is 0 Å². The number of methoxy groups -OCH3 is 1. The first kappa shape index (κ1) is 11.4. The molecule has 0 saturated carbocycles. The van der Waals surface area contributed by atoms with Crippen LogP contribution in [0.2, 0.25) is 0 Å². The topological polar surface area (TPSA) is 73.9 Å². The van der Waals surface area contributed by atoms with Gasteiger partial charge in [0, 0.05) is 23.3 Å². The van der Waals surface area contributed by atoms with E-state index in [1.165, 1.54) is 6.33 Å². The molecular formula is C14H12N4O. The number of pyridine rings is 1. The van der Waals surface area contributed by atoms with E-state index in [9.17, 15) is 0 Å². The second-order valence-corrected chi connectivity index (χ2v) is 4.07. The van der Waals surface area contributed by atoms with Gasteiger partial charge in [0.2, 0.25) is 0 Å². The van der Waals surface area contributed by atoms with E-state index in [1.54, 1.807) is 19.5 Å². The first-order valence-corrected chi connectivity index (χ1v) is 5.78. The van der Waals surface area contributed by atoms with Crippen LogP contribution < -0.4 is 10.5 Å². The van der Waals surface area contributed by atoms with E-state index in [2.05, 4.69) is 15.0 Å². The highest BCUT2D eigenvalue weighted by atomic mass is 16.5. The summed E-state index contributed by atoms with van der Waals surface area (Å²) < 4.78 is 5.34. The number of hydrogen-bond acceptors (Lipinski definition) is 5. The minimum atomic E-state index is 0.467. The van der Waals surface area contributed by atoms with Crippen molar-refractivity contribution in [2.75, 3.05) is 12.8 Å². The van der Waals surface area contributed by atoms with Crippen molar-refractivity contribution in [1.82, 2.24) is 15.0 Å². The van der Waals surface area contributed by atoms with Gasteiger partial charge in [0.15, 0.2) is 0 Å². The fraction of sp³-hybridized carbons (Fsp3) is 0.0714. The molecule has 2 heterocycles. The molecule has 0 radical (unpaired) electrons. The van der Waals surface area contributed by atoms with Gasteiger partial charge in [-0.2, -0.15) is 0 Å². The number of ether oxygens (including phenoxy) is 1. The molecule has 2 aromatic heterocycles. The lowest BCUT2D eigenvalue weighted by Crippen LogP contribution is -1.94. The summed E-state index contributed by atoms with van der Waals surface area (Å²) in [5.74, 6) is 1.24. The lowest BCUT2D eigenvalue weighted by Gasteiger charge is -2.08. The van der Waals surface area contributed by atoms with Gasteiger partial charge in [-0.15, -0.1) is 0 Å². The summed E-state index contributed by atoms with van der Waals surface area (Å²) in [6.45, 7) is 0. The molecule has 0 atom stereocenters. The average molecular weight is 252 g/mol. The van der Waals surface area contributed by atoms with Crippen molar-refractivity contribution in [3.8, 4) is 16.9 Å². The van der Waals surface area contributed by atoms with Gasteiger partial charge >= 0.3 is 0 Å². The smallest absolute Gasteiger partial charge is 0.134 e. The fourth-order valence-corrected chi connectivity index (χ4v) is 2.02. The molecule has 0 bridgehead atoms. The largest absolute Gasteiger partial charge is 0.496 e. The van der Waals surface area contributed by atoms with Crippen LogP contribution in [0.25, 0.3) is 22.0 Å². The molecule has 94 valence electrons. The molecule has 5 heteroatoms. The van der Waals surface area contributed by atoms with Gasteiger partial charge < -0.3 is 10.5 Å². The second kappa shape index (κ2) is 4.53. The Balaban J connectivity index is 2.23. The Morgan fingerprint density at radius 3 is 2.89 bits per heavy atom. The number of anilines is 1. The summed E-state index contributed by atoms with van der Waals surface area (Å²) in [5, 5.41) is 0.825. The number of nitrogens with two attached hydrogens (primary N) is 1. The Kier molecular flexibility index (Phi) is 2.72. The maximum atomic E-state index is 5.88. The van der Waals surface area contributed by atoms with Gasteiger partial charge in [-0.1, -0.05) is 6.07 Å². The number of nitrogens with zero attached hydrogens (tertiary/aromatic N) is 3. The van der Waals surface area contributed by atoms with Crippen LogP contribution in [0.3, 0.4) is 0 Å². The highest BCUT2D eigenvalue weighted by Crippen LogP contribution is 2.31. The first-order valence-electron chi connectivity index (χ1n) is 5.78. The predicted octanol–water partition coefficient (Wildman–Crippen LogP) is 2.28. The zero-order valence-corrected chi connectivity index (χ0v) is 10.4. The molecule has 3 rings (SSSR count). The maximum absolute atomic E-state index is 5.88. The Hall–Kier alpha value is -2.69. The zero-order valence-electron chi connectivity index (χ0n) is 10.4. The van der Waals surface area contributed by atoms with Crippen molar-refractivity contribution in [3.05, 3.63) is 43.0 Å². The molecular weight excluding hydrogens is 240 g/mol. The number of fused-ring (bicyclic) bond motifs is 1. The molecule has 0 saturated heterocycles. The molecule has 1 aromatic carbocycles. The van der Waals surface area contributed by atoms with E-state index in [-0.39, 0.29) is 0 Å². The standard InChI is InChI=1S/C14H12N4O/c1-19-13-4-5-16-7-11(13)9-2-3-12-10(6-9)14(15)18-8-17-12/h2-8H,1H3,(H2,15,17,18). The van der Waals surface area contributed by atoms with E-state index in [4.69, 9.17) is 10.5 Å². The van der Waals surface area contributed by atoms with Crippen LogP contribution in [-0.2, 0) is 0 Å². The van der Waals surface area contributed by atoms with Gasteiger partial charge in [0.1, 0.15) is 17.9 Å². The zero-order chi connectivity index (χ0) is 13.2. The minimum absolute atomic E-state index is 0.467. The number of nitrogen functional groups attached to an aromatic ring is 1. The summed E-state index contributed by atoms with van der Waals surface area (Å²) >= 11 is 0. The minimum Gasteiger partial charge on any atom is -0.496 e. The van der Waals surface area contributed by atoms with Crippen LogP contribution in [0.4, 0.5) is 5.82 Å². The lowest BCUT2D eigenvalue weighted by molar-refractivity contribution is 0.416. The number of benzene rings is 1.